The Balaban J connectivity index is 1.47. The molecule has 0 spiro atoms. The van der Waals surface area contributed by atoms with Gasteiger partial charge in [0.1, 0.15) is 5.82 Å². The first-order valence-electron chi connectivity index (χ1n) is 9.13. The van der Waals surface area contributed by atoms with E-state index in [0.29, 0.717) is 34.3 Å². The van der Waals surface area contributed by atoms with Gasteiger partial charge in [0.15, 0.2) is 0 Å². The van der Waals surface area contributed by atoms with Crippen molar-refractivity contribution in [2.24, 2.45) is 0 Å². The van der Waals surface area contributed by atoms with Gasteiger partial charge in [0.2, 0.25) is 5.89 Å². The molecule has 2 aromatic carbocycles. The first-order chi connectivity index (χ1) is 13.6. The van der Waals surface area contributed by atoms with Crippen LogP contribution in [0.5, 0.6) is 0 Å². The van der Waals surface area contributed by atoms with Gasteiger partial charge in [0.25, 0.3) is 10.8 Å². The van der Waals surface area contributed by atoms with Crippen molar-refractivity contribution in [2.45, 2.75) is 36.7 Å². The van der Waals surface area contributed by atoms with E-state index in [4.69, 9.17) is 4.42 Å². The van der Waals surface area contributed by atoms with Gasteiger partial charge >= 0.3 is 0 Å². The molecule has 0 aliphatic heterocycles. The minimum atomic E-state index is -0.143. The predicted molar refractivity (Wildman–Crippen MR) is 109 cm³/mol. The fraction of sp³-hybridized carbons (Fsp3) is 0.238. The molecular weight excluding hydrogens is 372 g/mol. The third-order valence-corrected chi connectivity index (χ3v) is 5.53. The molecule has 6 nitrogen and oxygen atoms in total. The summed E-state index contributed by atoms with van der Waals surface area (Å²) in [6.45, 7) is 4.09. The standard InChI is InChI=1S/C21H20N4O2S/c1-13(15-8-4-3-5-9-15)12-18-24-25-21(27-18)28-14(2)19-22-17-11-7-6-10-16(17)20(26)23-19/h3-11,13-14H,12H2,1-2H3,(H,22,23,26). The summed E-state index contributed by atoms with van der Waals surface area (Å²) < 4.78 is 5.81. The van der Waals surface area contributed by atoms with Gasteiger partial charge < -0.3 is 9.40 Å². The van der Waals surface area contributed by atoms with Crippen molar-refractivity contribution in [3.63, 3.8) is 0 Å². The van der Waals surface area contributed by atoms with E-state index in [-0.39, 0.29) is 16.7 Å². The Labute approximate surface area is 166 Å². The van der Waals surface area contributed by atoms with Gasteiger partial charge in [-0.2, -0.15) is 0 Å². The Hall–Kier alpha value is -2.93. The zero-order valence-electron chi connectivity index (χ0n) is 15.6. The van der Waals surface area contributed by atoms with Crippen molar-refractivity contribution in [1.29, 1.82) is 0 Å². The molecule has 4 rings (SSSR count). The lowest BCUT2D eigenvalue weighted by Crippen LogP contribution is -2.12. The monoisotopic (exact) mass is 392 g/mol. The second-order valence-corrected chi connectivity index (χ2v) is 8.00. The molecule has 2 aromatic heterocycles. The summed E-state index contributed by atoms with van der Waals surface area (Å²) in [5, 5.41) is 9.23. The first kappa shape index (κ1) is 18.4. The highest BCUT2D eigenvalue weighted by Crippen LogP contribution is 2.32. The van der Waals surface area contributed by atoms with Crippen LogP contribution in [0.2, 0.25) is 0 Å². The maximum atomic E-state index is 12.3. The number of hydrogen-bond acceptors (Lipinski definition) is 6. The lowest BCUT2D eigenvalue weighted by molar-refractivity contribution is 0.404. The van der Waals surface area contributed by atoms with Crippen LogP contribution in [-0.2, 0) is 6.42 Å². The average molecular weight is 392 g/mol. The number of hydrogen-bond donors (Lipinski definition) is 1. The smallest absolute Gasteiger partial charge is 0.277 e. The van der Waals surface area contributed by atoms with Crippen LogP contribution in [0.1, 0.15) is 42.3 Å². The zero-order chi connectivity index (χ0) is 19.5. The quantitative estimate of drug-likeness (QED) is 0.486. The molecule has 4 aromatic rings. The van der Waals surface area contributed by atoms with E-state index in [1.807, 2.05) is 43.3 Å². The highest BCUT2D eigenvalue weighted by Gasteiger charge is 2.17. The Morgan fingerprint density at radius 2 is 1.79 bits per heavy atom. The summed E-state index contributed by atoms with van der Waals surface area (Å²) in [6.07, 6.45) is 0.678. The molecule has 0 fully saturated rings. The molecule has 28 heavy (non-hydrogen) atoms. The number of benzene rings is 2. The molecule has 2 heterocycles. The summed E-state index contributed by atoms with van der Waals surface area (Å²) in [6, 6.07) is 17.6. The molecule has 0 aliphatic carbocycles. The number of fused-ring (bicyclic) bond motifs is 1. The maximum absolute atomic E-state index is 12.3. The molecule has 0 saturated heterocycles. The summed E-state index contributed by atoms with van der Waals surface area (Å²) in [5.74, 6) is 1.48. The van der Waals surface area contributed by atoms with Gasteiger partial charge in [0.05, 0.1) is 16.2 Å². The van der Waals surface area contributed by atoms with E-state index in [2.05, 4.69) is 39.2 Å². The molecule has 1 N–H and O–H groups in total. The maximum Gasteiger partial charge on any atom is 0.277 e. The van der Waals surface area contributed by atoms with Crippen molar-refractivity contribution in [3.05, 3.63) is 82.2 Å². The number of rotatable bonds is 6. The fourth-order valence-electron chi connectivity index (χ4n) is 3.03. The lowest BCUT2D eigenvalue weighted by Gasteiger charge is -2.09. The van der Waals surface area contributed by atoms with Crippen LogP contribution in [-0.4, -0.2) is 20.2 Å². The van der Waals surface area contributed by atoms with Gasteiger partial charge in [-0.1, -0.05) is 61.2 Å². The number of para-hydroxylation sites is 1. The molecule has 2 atom stereocenters. The van der Waals surface area contributed by atoms with Crippen molar-refractivity contribution >= 4 is 22.7 Å². The van der Waals surface area contributed by atoms with E-state index in [0.717, 1.165) is 0 Å². The van der Waals surface area contributed by atoms with Crippen LogP contribution in [0.4, 0.5) is 0 Å². The number of aromatic amines is 1. The lowest BCUT2D eigenvalue weighted by atomic mass is 9.98. The molecule has 7 heteroatoms. The number of aromatic nitrogens is 4. The van der Waals surface area contributed by atoms with Crippen molar-refractivity contribution in [1.82, 2.24) is 20.2 Å². The van der Waals surface area contributed by atoms with Gasteiger partial charge in [-0.15, -0.1) is 10.2 Å². The SMILES string of the molecule is CC(Cc1nnc(SC(C)c2nc3ccccc3c(=O)[nH]2)o1)c1ccccc1. The molecule has 0 aliphatic rings. The summed E-state index contributed by atoms with van der Waals surface area (Å²) in [4.78, 5) is 19.7. The molecule has 2 unspecified atom stereocenters. The van der Waals surface area contributed by atoms with E-state index >= 15 is 0 Å². The molecule has 142 valence electrons. The minimum absolute atomic E-state index is 0.128. The number of H-pyrrole nitrogens is 1. The summed E-state index contributed by atoms with van der Waals surface area (Å²) in [7, 11) is 0. The van der Waals surface area contributed by atoms with Crippen molar-refractivity contribution < 1.29 is 4.42 Å². The largest absolute Gasteiger partial charge is 0.416 e. The molecule has 0 amide bonds. The predicted octanol–water partition coefficient (Wildman–Crippen LogP) is 4.51. The van der Waals surface area contributed by atoms with E-state index in [9.17, 15) is 4.79 Å². The summed E-state index contributed by atoms with van der Waals surface area (Å²) >= 11 is 1.38. The minimum Gasteiger partial charge on any atom is -0.416 e. The topological polar surface area (TPSA) is 84.7 Å². The highest BCUT2D eigenvalue weighted by atomic mass is 32.2. The third kappa shape index (κ3) is 3.99. The first-order valence-corrected chi connectivity index (χ1v) is 10.0. The van der Waals surface area contributed by atoms with E-state index < -0.39 is 0 Å². The summed E-state index contributed by atoms with van der Waals surface area (Å²) in [5.41, 5.74) is 1.77. The van der Waals surface area contributed by atoms with Crippen LogP contribution in [0.15, 0.2) is 69.0 Å². The third-order valence-electron chi connectivity index (χ3n) is 4.59. The Morgan fingerprint density at radius 3 is 2.61 bits per heavy atom. The Morgan fingerprint density at radius 1 is 1.04 bits per heavy atom. The number of thioether (sulfide) groups is 1. The van der Waals surface area contributed by atoms with Gasteiger partial charge in [-0.3, -0.25) is 4.79 Å². The van der Waals surface area contributed by atoms with Crippen LogP contribution >= 0.6 is 11.8 Å². The van der Waals surface area contributed by atoms with Crippen molar-refractivity contribution in [3.8, 4) is 0 Å². The molecule has 0 bridgehead atoms. The normalized spacial score (nSPS) is 13.5. The van der Waals surface area contributed by atoms with E-state index in [1.165, 1.54) is 17.3 Å². The second kappa shape index (κ2) is 7.98. The molecule has 0 saturated carbocycles. The molecule has 0 radical (unpaired) electrons. The van der Waals surface area contributed by atoms with Crippen LogP contribution < -0.4 is 5.56 Å². The van der Waals surface area contributed by atoms with Crippen LogP contribution in [0.3, 0.4) is 0 Å². The van der Waals surface area contributed by atoms with Gasteiger partial charge in [-0.25, -0.2) is 4.98 Å². The Kier molecular flexibility index (Phi) is 5.25. The average Bonchev–Trinajstić information content (AvgIpc) is 3.15. The fourth-order valence-corrected chi connectivity index (χ4v) is 3.79. The van der Waals surface area contributed by atoms with E-state index in [1.54, 1.807) is 6.07 Å². The van der Waals surface area contributed by atoms with Gasteiger partial charge in [-0.05, 0) is 30.5 Å². The highest BCUT2D eigenvalue weighted by molar-refractivity contribution is 7.99. The van der Waals surface area contributed by atoms with Crippen molar-refractivity contribution in [2.75, 3.05) is 0 Å². The Bertz CT molecular complexity index is 1140. The second-order valence-electron chi connectivity index (χ2n) is 6.71. The molecular formula is C21H20N4O2S. The van der Waals surface area contributed by atoms with Crippen LogP contribution in [0.25, 0.3) is 10.9 Å². The number of nitrogens with zero attached hydrogens (tertiary/aromatic N) is 3. The zero-order valence-corrected chi connectivity index (χ0v) is 16.4. The van der Waals surface area contributed by atoms with Crippen LogP contribution in [0, 0.1) is 0 Å². The number of nitrogens with one attached hydrogen (secondary N) is 1. The van der Waals surface area contributed by atoms with Gasteiger partial charge in [0, 0.05) is 6.42 Å².